The fourth-order valence-electron chi connectivity index (χ4n) is 3.72. The van der Waals surface area contributed by atoms with Crippen molar-refractivity contribution in [2.75, 3.05) is 37.6 Å². The molecule has 164 valence electrons. The number of benzene rings is 2. The number of aryl methyl sites for hydroxylation is 1. The van der Waals surface area contributed by atoms with E-state index in [-0.39, 0.29) is 11.4 Å². The van der Waals surface area contributed by atoms with Gasteiger partial charge in [-0.25, -0.2) is 8.42 Å². The number of β-amino-alcohol motifs (C(OH)–C–C–N with tert-alkyl or cyclic N) is 1. The number of hydrogen-bond acceptors (Lipinski definition) is 5. The largest absolute Gasteiger partial charge is 0.497 e. The van der Waals surface area contributed by atoms with Crippen molar-refractivity contribution >= 4 is 15.7 Å². The van der Waals surface area contributed by atoms with Crippen LogP contribution in [0.1, 0.15) is 25.3 Å². The predicted molar refractivity (Wildman–Crippen MR) is 120 cm³/mol. The van der Waals surface area contributed by atoms with Crippen LogP contribution < -0.4 is 9.04 Å². The van der Waals surface area contributed by atoms with Gasteiger partial charge in [-0.05, 0) is 75.2 Å². The summed E-state index contributed by atoms with van der Waals surface area (Å²) in [5, 5.41) is 10.8. The van der Waals surface area contributed by atoms with Crippen LogP contribution >= 0.6 is 0 Å². The van der Waals surface area contributed by atoms with Crippen LogP contribution in [0.25, 0.3) is 0 Å². The molecule has 2 aromatic carbocycles. The molecule has 1 aliphatic rings. The van der Waals surface area contributed by atoms with Gasteiger partial charge in [-0.15, -0.1) is 0 Å². The van der Waals surface area contributed by atoms with Gasteiger partial charge in [0.1, 0.15) is 5.75 Å². The van der Waals surface area contributed by atoms with Crippen molar-refractivity contribution in [3.63, 3.8) is 0 Å². The van der Waals surface area contributed by atoms with E-state index in [1.165, 1.54) is 4.31 Å². The van der Waals surface area contributed by atoms with Gasteiger partial charge in [0.25, 0.3) is 10.0 Å². The second kappa shape index (κ2) is 9.81. The van der Waals surface area contributed by atoms with Gasteiger partial charge >= 0.3 is 0 Å². The van der Waals surface area contributed by atoms with Gasteiger partial charge < -0.3 is 14.7 Å². The Hall–Kier alpha value is -2.09. The summed E-state index contributed by atoms with van der Waals surface area (Å²) in [6.45, 7) is 6.49. The first-order valence-corrected chi connectivity index (χ1v) is 11.9. The quantitative estimate of drug-likeness (QED) is 0.693. The molecule has 1 aliphatic heterocycles. The summed E-state index contributed by atoms with van der Waals surface area (Å²) in [7, 11) is -2.25. The first-order chi connectivity index (χ1) is 14.3. The Bertz CT molecular complexity index is 905. The van der Waals surface area contributed by atoms with Crippen molar-refractivity contribution in [1.29, 1.82) is 0 Å². The van der Waals surface area contributed by atoms with Crippen LogP contribution in [0.3, 0.4) is 0 Å². The third-order valence-corrected chi connectivity index (χ3v) is 7.50. The molecular formula is C23H32N2O4S. The summed E-state index contributed by atoms with van der Waals surface area (Å²) in [5.41, 5.74) is 1.49. The monoisotopic (exact) mass is 432 g/mol. The topological polar surface area (TPSA) is 70.1 Å². The Balaban J connectivity index is 1.84. The van der Waals surface area contributed by atoms with Crippen molar-refractivity contribution in [1.82, 2.24) is 4.90 Å². The van der Waals surface area contributed by atoms with E-state index in [1.807, 2.05) is 6.92 Å². The second-order valence-electron chi connectivity index (χ2n) is 8.18. The van der Waals surface area contributed by atoms with Crippen LogP contribution in [-0.2, 0) is 10.0 Å². The summed E-state index contributed by atoms with van der Waals surface area (Å²) >= 11 is 0. The molecule has 3 rings (SSSR count). The Morgan fingerprint density at radius 1 is 1.10 bits per heavy atom. The van der Waals surface area contributed by atoms with Crippen LogP contribution in [-0.4, -0.2) is 57.8 Å². The molecule has 0 bridgehead atoms. The molecule has 1 unspecified atom stereocenters. The Morgan fingerprint density at radius 2 is 1.70 bits per heavy atom. The van der Waals surface area contributed by atoms with Gasteiger partial charge in [-0.1, -0.05) is 24.6 Å². The number of ether oxygens (including phenoxy) is 1. The number of anilines is 1. The molecule has 1 atom stereocenters. The van der Waals surface area contributed by atoms with Gasteiger partial charge in [0.05, 0.1) is 30.3 Å². The Labute approximate surface area is 180 Å². The summed E-state index contributed by atoms with van der Waals surface area (Å²) in [4.78, 5) is 2.43. The smallest absolute Gasteiger partial charge is 0.264 e. The first-order valence-electron chi connectivity index (χ1n) is 10.4. The minimum atomic E-state index is -3.82. The summed E-state index contributed by atoms with van der Waals surface area (Å²) < 4.78 is 33.4. The van der Waals surface area contributed by atoms with Crippen LogP contribution in [0.5, 0.6) is 5.75 Å². The summed E-state index contributed by atoms with van der Waals surface area (Å²) in [5.74, 6) is 1.35. The number of sulfonamides is 1. The van der Waals surface area contributed by atoms with E-state index in [9.17, 15) is 13.5 Å². The Morgan fingerprint density at radius 3 is 2.27 bits per heavy atom. The van der Waals surface area contributed by atoms with Crippen molar-refractivity contribution in [3.8, 4) is 5.75 Å². The number of hydrogen-bond donors (Lipinski definition) is 1. The fraction of sp³-hybridized carbons (Fsp3) is 0.478. The van der Waals surface area contributed by atoms with Gasteiger partial charge in [-0.2, -0.15) is 0 Å². The number of aliphatic hydroxyl groups is 1. The lowest BCUT2D eigenvalue weighted by Gasteiger charge is -2.33. The molecule has 0 spiro atoms. The first kappa shape index (κ1) is 22.6. The third-order valence-electron chi connectivity index (χ3n) is 5.69. The molecule has 2 aromatic rings. The third kappa shape index (κ3) is 5.53. The zero-order valence-electron chi connectivity index (χ0n) is 18.0. The lowest BCUT2D eigenvalue weighted by Crippen LogP contribution is -2.44. The summed E-state index contributed by atoms with van der Waals surface area (Å²) in [6, 6.07) is 13.7. The number of likely N-dealkylation sites (tertiary alicyclic amines) is 1. The van der Waals surface area contributed by atoms with Crippen molar-refractivity contribution < 1.29 is 18.3 Å². The maximum atomic E-state index is 13.4. The van der Waals surface area contributed by atoms with Gasteiger partial charge in [0.15, 0.2) is 0 Å². The van der Waals surface area contributed by atoms with E-state index in [0.717, 1.165) is 31.5 Å². The fourth-order valence-corrected chi connectivity index (χ4v) is 5.22. The molecule has 1 saturated heterocycles. The lowest BCUT2D eigenvalue weighted by atomic mass is 9.99. The van der Waals surface area contributed by atoms with Crippen LogP contribution in [0, 0.1) is 12.8 Å². The molecule has 0 radical (unpaired) electrons. The maximum Gasteiger partial charge on any atom is 0.264 e. The molecule has 1 fully saturated rings. The van der Waals surface area contributed by atoms with Gasteiger partial charge in [0, 0.05) is 6.54 Å². The molecule has 7 heteroatoms. The normalized spacial score (nSPS) is 16.9. The van der Waals surface area contributed by atoms with E-state index >= 15 is 0 Å². The molecule has 0 saturated carbocycles. The van der Waals surface area contributed by atoms with E-state index in [4.69, 9.17) is 4.74 Å². The highest BCUT2D eigenvalue weighted by Gasteiger charge is 2.28. The second-order valence-corrected chi connectivity index (χ2v) is 10.0. The Kier molecular flexibility index (Phi) is 7.39. The zero-order valence-corrected chi connectivity index (χ0v) is 18.8. The highest BCUT2D eigenvalue weighted by Crippen LogP contribution is 2.27. The highest BCUT2D eigenvalue weighted by atomic mass is 32.2. The standard InChI is InChI=1S/C23H32N2O4S/c1-18-4-10-23(11-5-18)30(27,28)25(20-6-8-22(29-3)9-7-20)17-21(26)16-24-14-12-19(2)13-15-24/h4-11,19,21,26H,12-17H2,1-3H3. The number of nitrogens with zero attached hydrogens (tertiary/aromatic N) is 2. The van der Waals surface area contributed by atoms with E-state index in [0.29, 0.717) is 23.9 Å². The van der Waals surface area contributed by atoms with E-state index < -0.39 is 16.1 Å². The predicted octanol–water partition coefficient (Wildman–Crippen LogP) is 3.29. The maximum absolute atomic E-state index is 13.4. The number of methoxy groups -OCH3 is 1. The lowest BCUT2D eigenvalue weighted by molar-refractivity contribution is 0.0971. The van der Waals surface area contributed by atoms with Gasteiger partial charge in [0.2, 0.25) is 0 Å². The molecule has 30 heavy (non-hydrogen) atoms. The summed E-state index contributed by atoms with van der Waals surface area (Å²) in [6.07, 6.45) is 1.42. The molecule has 0 amide bonds. The van der Waals surface area contributed by atoms with Crippen molar-refractivity contribution in [2.24, 2.45) is 5.92 Å². The minimum absolute atomic E-state index is 0.00536. The van der Waals surface area contributed by atoms with E-state index in [1.54, 1.807) is 55.6 Å². The van der Waals surface area contributed by atoms with Gasteiger partial charge in [-0.3, -0.25) is 4.31 Å². The number of piperidine rings is 1. The number of aliphatic hydroxyl groups excluding tert-OH is 1. The highest BCUT2D eigenvalue weighted by molar-refractivity contribution is 7.92. The molecule has 0 aliphatic carbocycles. The minimum Gasteiger partial charge on any atom is -0.497 e. The molecular weight excluding hydrogens is 400 g/mol. The SMILES string of the molecule is COc1ccc(N(CC(O)CN2CCC(C)CC2)S(=O)(=O)c2ccc(C)cc2)cc1. The van der Waals surface area contributed by atoms with Crippen molar-refractivity contribution in [2.45, 2.75) is 37.7 Å². The number of rotatable bonds is 8. The molecule has 0 aromatic heterocycles. The van der Waals surface area contributed by atoms with Crippen LogP contribution in [0.4, 0.5) is 5.69 Å². The van der Waals surface area contributed by atoms with Crippen LogP contribution in [0.15, 0.2) is 53.4 Å². The molecule has 6 nitrogen and oxygen atoms in total. The average molecular weight is 433 g/mol. The van der Waals surface area contributed by atoms with Crippen LogP contribution in [0.2, 0.25) is 0 Å². The zero-order chi connectivity index (χ0) is 21.7. The molecule has 1 N–H and O–H groups in total. The molecule has 1 heterocycles. The van der Waals surface area contributed by atoms with E-state index in [2.05, 4.69) is 11.8 Å². The van der Waals surface area contributed by atoms with Crippen molar-refractivity contribution in [3.05, 3.63) is 54.1 Å². The average Bonchev–Trinajstić information content (AvgIpc) is 2.74.